The number of nitro groups is 1. The summed E-state index contributed by atoms with van der Waals surface area (Å²) in [5.41, 5.74) is 0.507. The van der Waals surface area contributed by atoms with E-state index in [-0.39, 0.29) is 22.7 Å². The first-order valence-electron chi connectivity index (χ1n) is 11.7. The molecule has 0 amide bonds. The Labute approximate surface area is 221 Å². The maximum atomic E-state index is 13.4. The van der Waals surface area contributed by atoms with Gasteiger partial charge in [-0.1, -0.05) is 54.6 Å². The van der Waals surface area contributed by atoms with E-state index >= 15 is 0 Å². The van der Waals surface area contributed by atoms with Crippen molar-refractivity contribution in [1.29, 1.82) is 0 Å². The van der Waals surface area contributed by atoms with E-state index in [9.17, 15) is 19.7 Å². The summed E-state index contributed by atoms with van der Waals surface area (Å²) in [5, 5.41) is 16.5. The highest BCUT2D eigenvalue weighted by atomic mass is 16.6. The molecule has 5 rings (SSSR count). The van der Waals surface area contributed by atoms with Crippen LogP contribution in [0.15, 0.2) is 107 Å². The van der Waals surface area contributed by atoms with Crippen LogP contribution in [0.4, 0.5) is 5.69 Å². The Kier molecular flexibility index (Phi) is 6.91. The zero-order valence-electron chi connectivity index (χ0n) is 20.6. The number of nitro benzene ring substituents is 1. The quantitative estimate of drug-likeness (QED) is 0.0963. The summed E-state index contributed by atoms with van der Waals surface area (Å²) in [5.74, 6) is -0.448. The Morgan fingerprint density at radius 2 is 1.72 bits per heavy atom. The van der Waals surface area contributed by atoms with Crippen LogP contribution in [0.1, 0.15) is 15.9 Å². The molecule has 0 radical (unpaired) electrons. The molecular formula is C29H20N4O6. The molecule has 0 fully saturated rings. The lowest BCUT2D eigenvalue weighted by atomic mass is 10.1. The predicted molar refractivity (Wildman–Crippen MR) is 145 cm³/mol. The smallest absolute Gasteiger partial charge is 0.343 e. The average molecular weight is 521 g/mol. The normalized spacial score (nSPS) is 11.0. The lowest BCUT2D eigenvalue weighted by Crippen LogP contribution is -2.20. The second-order valence-corrected chi connectivity index (χ2v) is 8.25. The molecule has 1 heterocycles. The van der Waals surface area contributed by atoms with E-state index in [0.717, 1.165) is 4.68 Å². The second-order valence-electron chi connectivity index (χ2n) is 8.25. The van der Waals surface area contributed by atoms with Crippen LogP contribution in [0.2, 0.25) is 0 Å². The molecule has 0 aliphatic rings. The standard InChI is InChI=1S/C29H20N4O6/c1-38-22-13-7-11-20(17-22)29(35)39-26-21(12-8-16-25(26)33(36)37)18-30-32-27(19-9-3-2-4-10-19)31-24-15-6-5-14-23(24)28(32)34/h2-18H,1H3. The molecule has 39 heavy (non-hydrogen) atoms. The highest BCUT2D eigenvalue weighted by molar-refractivity contribution is 5.95. The molecule has 1 aromatic heterocycles. The zero-order valence-corrected chi connectivity index (χ0v) is 20.6. The number of methoxy groups -OCH3 is 1. The molecule has 192 valence electrons. The van der Waals surface area contributed by atoms with Crippen LogP contribution in [0.25, 0.3) is 22.3 Å². The summed E-state index contributed by atoms with van der Waals surface area (Å²) >= 11 is 0. The van der Waals surface area contributed by atoms with Crippen molar-refractivity contribution >= 4 is 28.8 Å². The molecule has 0 atom stereocenters. The van der Waals surface area contributed by atoms with Gasteiger partial charge in [-0.2, -0.15) is 9.78 Å². The van der Waals surface area contributed by atoms with Crippen molar-refractivity contribution in [2.24, 2.45) is 5.10 Å². The Hall–Kier alpha value is -5.64. The maximum absolute atomic E-state index is 13.4. The summed E-state index contributed by atoms with van der Waals surface area (Å²) < 4.78 is 11.8. The predicted octanol–water partition coefficient (Wildman–Crippen LogP) is 5.08. The first-order valence-corrected chi connectivity index (χ1v) is 11.7. The lowest BCUT2D eigenvalue weighted by molar-refractivity contribution is -0.385. The topological polar surface area (TPSA) is 126 Å². The summed E-state index contributed by atoms with van der Waals surface area (Å²) in [4.78, 5) is 42.1. The third-order valence-electron chi connectivity index (χ3n) is 5.82. The number of hydrogen-bond acceptors (Lipinski definition) is 8. The van der Waals surface area contributed by atoms with Gasteiger partial charge in [-0.25, -0.2) is 9.78 Å². The van der Waals surface area contributed by atoms with Gasteiger partial charge in [0.15, 0.2) is 5.82 Å². The van der Waals surface area contributed by atoms with Crippen molar-refractivity contribution in [2.45, 2.75) is 0 Å². The summed E-state index contributed by atoms with van der Waals surface area (Å²) in [7, 11) is 1.45. The molecule has 0 bridgehead atoms. The van der Waals surface area contributed by atoms with E-state index < -0.39 is 22.1 Å². The number of fused-ring (bicyclic) bond motifs is 1. The van der Waals surface area contributed by atoms with Gasteiger partial charge in [-0.05, 0) is 36.4 Å². The van der Waals surface area contributed by atoms with Crippen LogP contribution < -0.4 is 15.0 Å². The van der Waals surface area contributed by atoms with Crippen molar-refractivity contribution in [3.63, 3.8) is 0 Å². The van der Waals surface area contributed by atoms with Gasteiger partial charge in [-0.15, -0.1) is 0 Å². The molecule has 0 saturated heterocycles. The first-order chi connectivity index (χ1) is 19.0. The molecule has 0 N–H and O–H groups in total. The fourth-order valence-electron chi connectivity index (χ4n) is 3.93. The number of para-hydroxylation sites is 2. The average Bonchev–Trinajstić information content (AvgIpc) is 2.97. The van der Waals surface area contributed by atoms with Crippen LogP contribution in [0.5, 0.6) is 11.5 Å². The minimum absolute atomic E-state index is 0.111. The third-order valence-corrected chi connectivity index (χ3v) is 5.82. The minimum atomic E-state index is -0.827. The van der Waals surface area contributed by atoms with Crippen LogP contribution in [0, 0.1) is 10.1 Å². The number of ether oxygens (including phenoxy) is 2. The fraction of sp³-hybridized carbons (Fsp3) is 0.0345. The number of hydrogen-bond donors (Lipinski definition) is 0. The molecule has 10 nitrogen and oxygen atoms in total. The second kappa shape index (κ2) is 10.8. The van der Waals surface area contributed by atoms with Crippen molar-refractivity contribution in [1.82, 2.24) is 9.66 Å². The van der Waals surface area contributed by atoms with Crippen LogP contribution in [-0.4, -0.2) is 33.9 Å². The Bertz CT molecular complexity index is 1800. The summed E-state index contributed by atoms with van der Waals surface area (Å²) in [6.07, 6.45) is 1.23. The number of esters is 1. The van der Waals surface area contributed by atoms with E-state index in [0.29, 0.717) is 22.2 Å². The highest BCUT2D eigenvalue weighted by Crippen LogP contribution is 2.31. The van der Waals surface area contributed by atoms with E-state index in [2.05, 4.69) is 10.1 Å². The largest absolute Gasteiger partial charge is 0.497 e. The number of nitrogens with zero attached hydrogens (tertiary/aromatic N) is 4. The van der Waals surface area contributed by atoms with Gasteiger partial charge in [0.05, 0.1) is 34.7 Å². The number of benzene rings is 4. The Morgan fingerprint density at radius 3 is 2.49 bits per heavy atom. The fourth-order valence-corrected chi connectivity index (χ4v) is 3.93. The SMILES string of the molecule is COc1cccc(C(=O)Oc2c(C=Nn3c(-c4ccccc4)nc4ccccc4c3=O)cccc2[N+](=O)[O-])c1. The van der Waals surface area contributed by atoms with Gasteiger partial charge in [-0.3, -0.25) is 14.9 Å². The van der Waals surface area contributed by atoms with Crippen molar-refractivity contribution in [3.05, 3.63) is 129 Å². The molecule has 0 unspecified atom stereocenters. The molecule has 4 aromatic carbocycles. The molecule has 10 heteroatoms. The van der Waals surface area contributed by atoms with Crippen molar-refractivity contribution < 1.29 is 19.2 Å². The third kappa shape index (κ3) is 5.12. The maximum Gasteiger partial charge on any atom is 0.343 e. The van der Waals surface area contributed by atoms with Crippen molar-refractivity contribution in [2.75, 3.05) is 7.11 Å². The van der Waals surface area contributed by atoms with Crippen molar-refractivity contribution in [3.8, 4) is 22.9 Å². The minimum Gasteiger partial charge on any atom is -0.497 e. The Morgan fingerprint density at radius 1 is 0.974 bits per heavy atom. The van der Waals surface area contributed by atoms with Gasteiger partial charge in [0, 0.05) is 17.2 Å². The number of carbonyl (C=O) groups is 1. The lowest BCUT2D eigenvalue weighted by Gasteiger charge is -2.11. The molecule has 0 aliphatic heterocycles. The van der Waals surface area contributed by atoms with E-state index in [4.69, 9.17) is 9.47 Å². The van der Waals surface area contributed by atoms with Crippen LogP contribution >= 0.6 is 0 Å². The van der Waals surface area contributed by atoms with Gasteiger partial charge in [0.1, 0.15) is 5.75 Å². The molecular weight excluding hydrogens is 500 g/mol. The number of aromatic nitrogens is 2. The molecule has 0 spiro atoms. The first kappa shape index (κ1) is 25.0. The van der Waals surface area contributed by atoms with Crippen LogP contribution in [-0.2, 0) is 0 Å². The van der Waals surface area contributed by atoms with E-state index in [1.54, 1.807) is 60.7 Å². The number of rotatable bonds is 7. The summed E-state index contributed by atoms with van der Waals surface area (Å²) in [6.45, 7) is 0. The Balaban J connectivity index is 1.62. The zero-order chi connectivity index (χ0) is 27.4. The van der Waals surface area contributed by atoms with Gasteiger partial charge < -0.3 is 9.47 Å². The molecule has 5 aromatic rings. The van der Waals surface area contributed by atoms with Gasteiger partial charge >= 0.3 is 11.7 Å². The van der Waals surface area contributed by atoms with E-state index in [1.165, 1.54) is 43.7 Å². The molecule has 0 aliphatic carbocycles. The van der Waals surface area contributed by atoms with E-state index in [1.807, 2.05) is 6.07 Å². The molecule has 0 saturated carbocycles. The van der Waals surface area contributed by atoms with Crippen LogP contribution in [0.3, 0.4) is 0 Å². The number of carbonyl (C=O) groups excluding carboxylic acids is 1. The van der Waals surface area contributed by atoms with Gasteiger partial charge in [0.2, 0.25) is 5.75 Å². The summed E-state index contributed by atoms with van der Waals surface area (Å²) in [6, 6.07) is 26.2. The highest BCUT2D eigenvalue weighted by Gasteiger charge is 2.23. The van der Waals surface area contributed by atoms with Gasteiger partial charge in [0.25, 0.3) is 5.56 Å². The monoisotopic (exact) mass is 520 g/mol.